The monoisotopic (exact) mass is 298 g/mol. The molecule has 0 bridgehead atoms. The molecule has 114 valence electrons. The predicted molar refractivity (Wildman–Crippen MR) is 71.4 cm³/mol. The second-order valence-corrected chi connectivity index (χ2v) is 5.94. The van der Waals surface area contributed by atoms with Gasteiger partial charge in [0.1, 0.15) is 0 Å². The topological polar surface area (TPSA) is 32.3 Å². The highest BCUT2D eigenvalue weighted by Crippen LogP contribution is 2.37. The average molecular weight is 298 g/mol. The number of benzene rings is 1. The largest absolute Gasteiger partial charge is 0.339 e. The molecule has 0 unspecified atom stereocenters. The lowest BCUT2D eigenvalue weighted by Gasteiger charge is -2.38. The zero-order valence-corrected chi connectivity index (χ0v) is 11.6. The van der Waals surface area contributed by atoms with E-state index < -0.39 is 28.9 Å². The number of halogens is 3. The highest BCUT2D eigenvalue weighted by Gasteiger charge is 2.38. The summed E-state index contributed by atoms with van der Waals surface area (Å²) in [7, 11) is 0. The van der Waals surface area contributed by atoms with E-state index in [0.717, 1.165) is 44.5 Å². The summed E-state index contributed by atoms with van der Waals surface area (Å²) in [6.45, 7) is 3.00. The summed E-state index contributed by atoms with van der Waals surface area (Å²) in [6, 6.07) is 1.80. The molecule has 1 aromatic carbocycles. The number of nitrogens with zero attached hydrogens (tertiary/aromatic N) is 1. The van der Waals surface area contributed by atoms with Crippen molar-refractivity contribution in [2.45, 2.75) is 19.3 Å². The van der Waals surface area contributed by atoms with Gasteiger partial charge in [-0.05, 0) is 43.4 Å². The minimum atomic E-state index is -1.59. The minimum absolute atomic E-state index is 0.239. The molecule has 1 N–H and O–H groups in total. The summed E-state index contributed by atoms with van der Waals surface area (Å²) >= 11 is 0. The number of carbonyl (C=O) groups excluding carboxylic acids is 1. The van der Waals surface area contributed by atoms with Crippen LogP contribution in [0.3, 0.4) is 0 Å². The van der Waals surface area contributed by atoms with Crippen molar-refractivity contribution >= 4 is 5.91 Å². The van der Waals surface area contributed by atoms with Gasteiger partial charge in [0.15, 0.2) is 17.5 Å². The molecule has 6 heteroatoms. The molecule has 1 aromatic rings. The first-order chi connectivity index (χ1) is 10.0. The fourth-order valence-electron chi connectivity index (χ4n) is 3.27. The van der Waals surface area contributed by atoms with E-state index >= 15 is 0 Å². The third kappa shape index (κ3) is 2.52. The number of piperidine rings is 1. The van der Waals surface area contributed by atoms with Crippen LogP contribution in [0.4, 0.5) is 13.2 Å². The Labute approximate surface area is 121 Å². The first kappa shape index (κ1) is 14.4. The van der Waals surface area contributed by atoms with Crippen LogP contribution in [0.25, 0.3) is 0 Å². The number of rotatable bonds is 1. The molecule has 0 aromatic heterocycles. The van der Waals surface area contributed by atoms with Gasteiger partial charge >= 0.3 is 0 Å². The zero-order chi connectivity index (χ0) is 15.0. The second-order valence-electron chi connectivity index (χ2n) is 5.94. The molecule has 0 aliphatic carbocycles. The molecule has 3 rings (SSSR count). The Morgan fingerprint density at radius 1 is 1.10 bits per heavy atom. The maximum Gasteiger partial charge on any atom is 0.256 e. The fourth-order valence-corrected chi connectivity index (χ4v) is 3.27. The van der Waals surface area contributed by atoms with Gasteiger partial charge in [-0.3, -0.25) is 4.79 Å². The maximum absolute atomic E-state index is 13.7. The SMILES string of the molecule is O=C(c1ccc(F)c(F)c1F)N1CCC2(CCNC2)CC1. The van der Waals surface area contributed by atoms with Gasteiger partial charge in [0.2, 0.25) is 0 Å². The lowest BCUT2D eigenvalue weighted by molar-refractivity contribution is 0.0602. The van der Waals surface area contributed by atoms with Gasteiger partial charge < -0.3 is 10.2 Å². The fraction of sp³-hybridized carbons (Fsp3) is 0.533. The molecule has 21 heavy (non-hydrogen) atoms. The highest BCUT2D eigenvalue weighted by atomic mass is 19.2. The first-order valence-electron chi connectivity index (χ1n) is 7.16. The van der Waals surface area contributed by atoms with Crippen molar-refractivity contribution in [1.29, 1.82) is 0 Å². The first-order valence-corrected chi connectivity index (χ1v) is 7.16. The minimum Gasteiger partial charge on any atom is -0.339 e. The van der Waals surface area contributed by atoms with E-state index in [-0.39, 0.29) is 5.41 Å². The van der Waals surface area contributed by atoms with Gasteiger partial charge in [-0.2, -0.15) is 0 Å². The van der Waals surface area contributed by atoms with E-state index in [1.807, 2.05) is 0 Å². The van der Waals surface area contributed by atoms with Crippen molar-refractivity contribution in [3.05, 3.63) is 35.1 Å². The lowest BCUT2D eigenvalue weighted by Crippen LogP contribution is -2.44. The number of hydrogen-bond acceptors (Lipinski definition) is 2. The number of hydrogen-bond donors (Lipinski definition) is 1. The smallest absolute Gasteiger partial charge is 0.256 e. The molecule has 0 saturated carbocycles. The zero-order valence-electron chi connectivity index (χ0n) is 11.6. The van der Waals surface area contributed by atoms with Crippen LogP contribution >= 0.6 is 0 Å². The van der Waals surface area contributed by atoms with Crippen LogP contribution in [0, 0.1) is 22.9 Å². The third-order valence-corrected chi connectivity index (χ3v) is 4.71. The second kappa shape index (κ2) is 5.33. The number of likely N-dealkylation sites (tertiary alicyclic amines) is 1. The van der Waals surface area contributed by atoms with E-state index in [2.05, 4.69) is 5.32 Å². The number of amides is 1. The summed E-state index contributed by atoms with van der Waals surface area (Å²) in [5.41, 5.74) is -0.155. The molecule has 2 saturated heterocycles. The normalized spacial score (nSPS) is 21.0. The highest BCUT2D eigenvalue weighted by molar-refractivity contribution is 5.94. The van der Waals surface area contributed by atoms with Crippen LogP contribution in [-0.4, -0.2) is 37.0 Å². The Morgan fingerprint density at radius 3 is 2.43 bits per heavy atom. The van der Waals surface area contributed by atoms with Gasteiger partial charge in [0, 0.05) is 19.6 Å². The molecule has 0 radical (unpaired) electrons. The van der Waals surface area contributed by atoms with Crippen LogP contribution in [0.5, 0.6) is 0 Å². The van der Waals surface area contributed by atoms with E-state index in [1.165, 1.54) is 4.90 Å². The quantitative estimate of drug-likeness (QED) is 0.807. The van der Waals surface area contributed by atoms with Gasteiger partial charge in [-0.1, -0.05) is 0 Å². The van der Waals surface area contributed by atoms with E-state index in [0.29, 0.717) is 13.1 Å². The number of nitrogens with one attached hydrogen (secondary N) is 1. The van der Waals surface area contributed by atoms with Crippen molar-refractivity contribution in [2.75, 3.05) is 26.2 Å². The summed E-state index contributed by atoms with van der Waals surface area (Å²) in [6.07, 6.45) is 2.81. The molecule has 2 aliphatic heterocycles. The van der Waals surface area contributed by atoms with Crippen LogP contribution in [0.1, 0.15) is 29.6 Å². The third-order valence-electron chi connectivity index (χ3n) is 4.71. The van der Waals surface area contributed by atoms with Gasteiger partial charge in [-0.25, -0.2) is 13.2 Å². The van der Waals surface area contributed by atoms with E-state index in [1.54, 1.807) is 0 Å². The Hall–Kier alpha value is -1.56. The molecule has 2 fully saturated rings. The van der Waals surface area contributed by atoms with E-state index in [4.69, 9.17) is 0 Å². The summed E-state index contributed by atoms with van der Waals surface area (Å²) < 4.78 is 39.8. The van der Waals surface area contributed by atoms with Crippen molar-refractivity contribution < 1.29 is 18.0 Å². The predicted octanol–water partition coefficient (Wildman–Crippen LogP) is 2.32. The lowest BCUT2D eigenvalue weighted by atomic mass is 9.78. The standard InChI is InChI=1S/C15H17F3N2O/c16-11-2-1-10(12(17)13(11)18)14(21)20-7-4-15(5-8-20)3-6-19-9-15/h1-2,19H,3-9H2. The Kier molecular flexibility index (Phi) is 3.65. The van der Waals surface area contributed by atoms with Crippen LogP contribution in [0.15, 0.2) is 12.1 Å². The van der Waals surface area contributed by atoms with Crippen molar-refractivity contribution in [3.8, 4) is 0 Å². The van der Waals surface area contributed by atoms with Crippen LogP contribution < -0.4 is 5.32 Å². The molecular formula is C15H17F3N2O. The Balaban J connectivity index is 1.74. The van der Waals surface area contributed by atoms with Crippen LogP contribution in [0.2, 0.25) is 0 Å². The maximum atomic E-state index is 13.7. The molecule has 2 aliphatic rings. The average Bonchev–Trinajstić information content (AvgIpc) is 2.93. The molecule has 1 amide bonds. The summed E-state index contributed by atoms with van der Waals surface area (Å²) in [5, 5.41) is 3.33. The van der Waals surface area contributed by atoms with Gasteiger partial charge in [0.05, 0.1) is 5.56 Å². The molecule has 0 atom stereocenters. The van der Waals surface area contributed by atoms with Crippen LogP contribution in [-0.2, 0) is 0 Å². The van der Waals surface area contributed by atoms with Crippen molar-refractivity contribution in [2.24, 2.45) is 5.41 Å². The summed E-state index contributed by atoms with van der Waals surface area (Å²) in [4.78, 5) is 13.8. The van der Waals surface area contributed by atoms with Gasteiger partial charge in [-0.15, -0.1) is 0 Å². The van der Waals surface area contributed by atoms with E-state index in [9.17, 15) is 18.0 Å². The Morgan fingerprint density at radius 2 is 1.81 bits per heavy atom. The molecule has 1 spiro atoms. The van der Waals surface area contributed by atoms with Crippen molar-refractivity contribution in [1.82, 2.24) is 10.2 Å². The summed E-state index contributed by atoms with van der Waals surface area (Å²) in [5.74, 6) is -4.83. The van der Waals surface area contributed by atoms with Gasteiger partial charge in [0.25, 0.3) is 5.91 Å². The number of carbonyl (C=O) groups is 1. The molecule has 2 heterocycles. The molecule has 3 nitrogen and oxygen atoms in total. The Bertz CT molecular complexity index is 560. The van der Waals surface area contributed by atoms with Crippen molar-refractivity contribution in [3.63, 3.8) is 0 Å². The molecular weight excluding hydrogens is 281 g/mol.